The standard InChI is InChI=1S/C8H3N11/c1-2-3-4(10-15-9-2)6-8(14-19-18-12-6)7-5(3)11-16-17-13-7/h1H3. The van der Waals surface area contributed by atoms with Crippen LogP contribution < -0.4 is 0 Å². The number of rotatable bonds is 0. The molecule has 0 amide bonds. The van der Waals surface area contributed by atoms with Crippen LogP contribution in [0, 0.1) is 6.92 Å². The monoisotopic (exact) mass is 253 g/mol. The highest BCUT2D eigenvalue weighted by Crippen LogP contribution is 2.28. The minimum Gasteiger partial charge on any atom is -0.135 e. The second kappa shape index (κ2) is 3.44. The molecule has 0 atom stereocenters. The van der Waals surface area contributed by atoms with Gasteiger partial charge in [0.25, 0.3) is 0 Å². The van der Waals surface area contributed by atoms with Gasteiger partial charge in [-0.3, -0.25) is 0 Å². The van der Waals surface area contributed by atoms with Crippen molar-refractivity contribution in [2.75, 3.05) is 0 Å². The topological polar surface area (TPSA) is 142 Å². The van der Waals surface area contributed by atoms with E-state index in [1.807, 2.05) is 0 Å². The average Bonchev–Trinajstić information content (AvgIpc) is 2.47. The summed E-state index contributed by atoms with van der Waals surface area (Å²) in [6.45, 7) is 1.78. The molecule has 4 aromatic rings. The van der Waals surface area contributed by atoms with Gasteiger partial charge in [0, 0.05) is 0 Å². The van der Waals surface area contributed by atoms with Crippen LogP contribution in [-0.2, 0) is 0 Å². The molecular weight excluding hydrogens is 250 g/mol. The molecular formula is C8H3N11. The molecule has 0 aliphatic heterocycles. The first-order valence-electron chi connectivity index (χ1n) is 5.19. The number of fused-ring (bicyclic) bond motifs is 6. The number of hydrogen-bond acceptors (Lipinski definition) is 11. The third-order valence-electron chi connectivity index (χ3n) is 2.73. The van der Waals surface area contributed by atoms with E-state index in [0.717, 1.165) is 0 Å². The zero-order chi connectivity index (χ0) is 12.8. The largest absolute Gasteiger partial charge is 0.147 e. The van der Waals surface area contributed by atoms with Gasteiger partial charge in [-0.25, -0.2) is 0 Å². The van der Waals surface area contributed by atoms with Crippen LogP contribution in [0.5, 0.6) is 0 Å². The lowest BCUT2D eigenvalue weighted by atomic mass is 10.1. The van der Waals surface area contributed by atoms with Crippen LogP contribution in [0.1, 0.15) is 5.69 Å². The molecule has 0 N–H and O–H groups in total. The third kappa shape index (κ3) is 1.23. The van der Waals surface area contributed by atoms with Crippen LogP contribution in [0.4, 0.5) is 0 Å². The first kappa shape index (κ1) is 9.87. The lowest BCUT2D eigenvalue weighted by Gasteiger charge is -2.03. The fraction of sp³-hybridized carbons (Fsp3) is 0.125. The number of benzene rings is 1. The SMILES string of the molecule is Cc1nnnc2c3nnnnc3c3nnnnc3c12. The summed E-state index contributed by atoms with van der Waals surface area (Å²) in [5.41, 5.74) is 2.87. The van der Waals surface area contributed by atoms with E-state index in [9.17, 15) is 0 Å². The van der Waals surface area contributed by atoms with Gasteiger partial charge in [-0.2, -0.15) is 0 Å². The first-order valence-corrected chi connectivity index (χ1v) is 5.19. The molecule has 0 fully saturated rings. The molecule has 11 heteroatoms. The Hall–Kier alpha value is -3.11. The Kier molecular flexibility index (Phi) is 1.79. The van der Waals surface area contributed by atoms with Gasteiger partial charge in [0.05, 0.1) is 11.1 Å². The summed E-state index contributed by atoms with van der Waals surface area (Å²) in [5, 5.41) is 42.0. The van der Waals surface area contributed by atoms with Crippen molar-refractivity contribution in [2.45, 2.75) is 6.92 Å². The van der Waals surface area contributed by atoms with Crippen LogP contribution in [0.2, 0.25) is 0 Å². The molecule has 4 rings (SSSR count). The molecule has 1 aromatic carbocycles. The van der Waals surface area contributed by atoms with Gasteiger partial charge in [0.2, 0.25) is 0 Å². The molecule has 3 heterocycles. The van der Waals surface area contributed by atoms with Crippen LogP contribution in [0.3, 0.4) is 0 Å². The fourth-order valence-corrected chi connectivity index (χ4v) is 1.95. The molecule has 0 unspecified atom stereocenters. The molecule has 0 saturated heterocycles. The summed E-state index contributed by atoms with van der Waals surface area (Å²) < 4.78 is 0. The molecule has 19 heavy (non-hydrogen) atoms. The molecule has 0 aliphatic carbocycles. The molecule has 0 bridgehead atoms. The summed E-state index contributed by atoms with van der Waals surface area (Å²) in [7, 11) is 0. The second-order valence-electron chi connectivity index (χ2n) is 3.75. The van der Waals surface area contributed by atoms with E-state index in [-0.39, 0.29) is 0 Å². The van der Waals surface area contributed by atoms with Gasteiger partial charge in [-0.1, -0.05) is 0 Å². The third-order valence-corrected chi connectivity index (χ3v) is 2.73. The minimum absolute atomic E-state index is 0.403. The van der Waals surface area contributed by atoms with Crippen molar-refractivity contribution in [1.82, 2.24) is 56.7 Å². The molecule has 0 spiro atoms. The van der Waals surface area contributed by atoms with Gasteiger partial charge >= 0.3 is 0 Å². The van der Waals surface area contributed by atoms with E-state index in [0.29, 0.717) is 38.7 Å². The van der Waals surface area contributed by atoms with Crippen LogP contribution in [0.15, 0.2) is 0 Å². The number of aromatic nitrogens is 11. The zero-order valence-corrected chi connectivity index (χ0v) is 9.42. The predicted octanol–water partition coefficient (Wildman–Crippen LogP) is -1.20. The molecule has 90 valence electrons. The van der Waals surface area contributed by atoms with Gasteiger partial charge in [0.15, 0.2) is 0 Å². The number of nitrogens with zero attached hydrogens (tertiary/aromatic N) is 11. The quantitative estimate of drug-likeness (QED) is 0.348. The summed E-state index contributed by atoms with van der Waals surface area (Å²) in [6.07, 6.45) is 0. The van der Waals surface area contributed by atoms with Gasteiger partial charge in [-0.15, -0.1) is 30.6 Å². The van der Waals surface area contributed by atoms with Crippen LogP contribution >= 0.6 is 0 Å². The Labute approximate surface area is 103 Å². The molecule has 0 aliphatic rings. The maximum absolute atomic E-state index is 3.97. The molecule has 3 aromatic heterocycles. The van der Waals surface area contributed by atoms with E-state index in [4.69, 9.17) is 0 Å². The lowest BCUT2D eigenvalue weighted by Crippen LogP contribution is -2.03. The molecule has 0 saturated carbocycles. The fourth-order valence-electron chi connectivity index (χ4n) is 1.95. The van der Waals surface area contributed by atoms with Gasteiger partial charge in [0.1, 0.15) is 27.6 Å². The smallest absolute Gasteiger partial charge is 0.135 e. The first-order chi connectivity index (χ1) is 9.36. The van der Waals surface area contributed by atoms with Crippen molar-refractivity contribution in [3.8, 4) is 0 Å². The van der Waals surface area contributed by atoms with E-state index in [2.05, 4.69) is 56.7 Å². The summed E-state index contributed by atoms with van der Waals surface area (Å²) >= 11 is 0. The average molecular weight is 253 g/mol. The maximum Gasteiger partial charge on any atom is 0.147 e. The van der Waals surface area contributed by atoms with E-state index in [1.54, 1.807) is 6.92 Å². The highest BCUT2D eigenvalue weighted by molar-refractivity contribution is 6.19. The van der Waals surface area contributed by atoms with Gasteiger partial charge < -0.3 is 0 Å². The lowest BCUT2D eigenvalue weighted by molar-refractivity contribution is 0.783. The Morgan fingerprint density at radius 3 is 1.47 bits per heavy atom. The van der Waals surface area contributed by atoms with Crippen LogP contribution in [0.25, 0.3) is 33.0 Å². The Bertz CT molecular complexity index is 890. The number of aryl methyl sites for hydroxylation is 1. The zero-order valence-electron chi connectivity index (χ0n) is 9.42. The maximum atomic E-state index is 3.97. The normalized spacial score (nSPS) is 11.4. The Balaban J connectivity index is 2.48. The van der Waals surface area contributed by atoms with E-state index < -0.39 is 0 Å². The summed E-state index contributed by atoms with van der Waals surface area (Å²) in [6, 6.07) is 0. The van der Waals surface area contributed by atoms with Crippen LogP contribution in [-0.4, -0.2) is 56.7 Å². The predicted molar refractivity (Wildman–Crippen MR) is 59.4 cm³/mol. The van der Waals surface area contributed by atoms with Crippen molar-refractivity contribution in [1.29, 1.82) is 0 Å². The highest BCUT2D eigenvalue weighted by atomic mass is 15.4. The highest BCUT2D eigenvalue weighted by Gasteiger charge is 2.17. The molecule has 11 nitrogen and oxygen atoms in total. The number of hydrogen-bond donors (Lipinski definition) is 0. The minimum atomic E-state index is 0.403. The van der Waals surface area contributed by atoms with E-state index >= 15 is 0 Å². The van der Waals surface area contributed by atoms with Crippen molar-refractivity contribution >= 4 is 33.0 Å². The van der Waals surface area contributed by atoms with Crippen molar-refractivity contribution < 1.29 is 0 Å². The van der Waals surface area contributed by atoms with Crippen molar-refractivity contribution in [3.05, 3.63) is 5.69 Å². The van der Waals surface area contributed by atoms with Crippen molar-refractivity contribution in [3.63, 3.8) is 0 Å². The molecule has 0 radical (unpaired) electrons. The van der Waals surface area contributed by atoms with Gasteiger partial charge in [-0.05, 0) is 33.0 Å². The Morgan fingerprint density at radius 2 is 0.895 bits per heavy atom. The Morgan fingerprint density at radius 1 is 0.474 bits per heavy atom. The summed E-state index contributed by atoms with van der Waals surface area (Å²) in [4.78, 5) is 0. The van der Waals surface area contributed by atoms with Crippen molar-refractivity contribution in [2.24, 2.45) is 0 Å². The van der Waals surface area contributed by atoms with E-state index in [1.165, 1.54) is 0 Å². The summed E-state index contributed by atoms with van der Waals surface area (Å²) in [5.74, 6) is 0. The second-order valence-corrected chi connectivity index (χ2v) is 3.75.